The summed E-state index contributed by atoms with van der Waals surface area (Å²) in [6.45, 7) is 1.99. The molecule has 0 N–H and O–H groups in total. The summed E-state index contributed by atoms with van der Waals surface area (Å²) in [6.07, 6.45) is 0. The number of hydrogen-bond donors (Lipinski definition) is 0. The molecule has 0 unspecified atom stereocenters. The first-order valence-corrected chi connectivity index (χ1v) is 10.8. The molecule has 2 heterocycles. The van der Waals surface area contributed by atoms with Crippen molar-refractivity contribution in [3.05, 3.63) is 104 Å². The van der Waals surface area contributed by atoms with Crippen LogP contribution in [-0.4, -0.2) is 24.1 Å². The van der Waals surface area contributed by atoms with Gasteiger partial charge in [-0.05, 0) is 36.8 Å². The Bertz CT molecular complexity index is 1540. The molecule has 9 heteroatoms. The van der Waals surface area contributed by atoms with E-state index in [1.807, 2.05) is 59.9 Å². The van der Waals surface area contributed by atoms with Crippen LogP contribution in [0.1, 0.15) is 11.1 Å². The van der Waals surface area contributed by atoms with Crippen molar-refractivity contribution in [2.45, 2.75) is 17.8 Å². The topological polar surface area (TPSA) is 95.3 Å². The van der Waals surface area contributed by atoms with E-state index in [1.54, 1.807) is 22.8 Å². The summed E-state index contributed by atoms with van der Waals surface area (Å²) in [5, 5.41) is 20.9. The highest BCUT2D eigenvalue weighted by Crippen LogP contribution is 2.27. The van der Waals surface area contributed by atoms with Gasteiger partial charge in [0.15, 0.2) is 5.16 Å². The van der Waals surface area contributed by atoms with E-state index in [-0.39, 0.29) is 11.2 Å². The normalized spacial score (nSPS) is 11.3. The van der Waals surface area contributed by atoms with E-state index in [0.29, 0.717) is 33.3 Å². The molecular weight excluding hydrogens is 426 g/mol. The van der Waals surface area contributed by atoms with Gasteiger partial charge in [-0.3, -0.25) is 19.3 Å². The van der Waals surface area contributed by atoms with Gasteiger partial charge in [0.25, 0.3) is 11.2 Å². The average molecular weight is 443 g/mol. The van der Waals surface area contributed by atoms with Gasteiger partial charge in [0.1, 0.15) is 0 Å². The lowest BCUT2D eigenvalue weighted by Crippen LogP contribution is -2.21. The van der Waals surface area contributed by atoms with Gasteiger partial charge < -0.3 is 0 Å². The van der Waals surface area contributed by atoms with Crippen LogP contribution >= 0.6 is 11.8 Å². The molecule has 0 aliphatic carbocycles. The first-order chi connectivity index (χ1) is 15.5. The number of benzene rings is 3. The summed E-state index contributed by atoms with van der Waals surface area (Å²) in [5.74, 6) is 0.889. The zero-order valence-corrected chi connectivity index (χ0v) is 17.8. The first-order valence-electron chi connectivity index (χ1n) is 9.85. The smallest absolute Gasteiger partial charge is 0.268 e. The summed E-state index contributed by atoms with van der Waals surface area (Å²) in [4.78, 5) is 24.0. The number of nitro groups is 1. The van der Waals surface area contributed by atoms with Gasteiger partial charge in [0.05, 0.1) is 21.5 Å². The Morgan fingerprint density at radius 3 is 2.56 bits per heavy atom. The molecule has 0 bridgehead atoms. The molecule has 3 aromatic carbocycles. The van der Waals surface area contributed by atoms with Crippen molar-refractivity contribution in [2.24, 2.45) is 0 Å². The number of nitro benzene ring substituents is 1. The van der Waals surface area contributed by atoms with E-state index in [2.05, 4.69) is 10.2 Å². The van der Waals surface area contributed by atoms with Gasteiger partial charge in [-0.25, -0.2) is 4.57 Å². The first kappa shape index (κ1) is 20.0. The van der Waals surface area contributed by atoms with Gasteiger partial charge >= 0.3 is 0 Å². The Morgan fingerprint density at radius 1 is 1.00 bits per heavy atom. The molecule has 158 valence electrons. The molecular formula is C23H17N5O3S. The third-order valence-electron chi connectivity index (χ3n) is 5.18. The van der Waals surface area contributed by atoms with Crippen molar-refractivity contribution < 1.29 is 4.92 Å². The van der Waals surface area contributed by atoms with Crippen LogP contribution in [0.15, 0.2) is 82.7 Å². The van der Waals surface area contributed by atoms with Crippen LogP contribution in [0, 0.1) is 17.0 Å². The molecule has 0 radical (unpaired) electrons. The number of nitrogens with zero attached hydrogens (tertiary/aromatic N) is 5. The van der Waals surface area contributed by atoms with Crippen LogP contribution < -0.4 is 5.56 Å². The van der Waals surface area contributed by atoms with Crippen molar-refractivity contribution in [2.75, 3.05) is 0 Å². The molecule has 0 spiro atoms. The zero-order chi connectivity index (χ0) is 22.2. The van der Waals surface area contributed by atoms with Crippen molar-refractivity contribution in [3.63, 3.8) is 0 Å². The minimum atomic E-state index is -0.408. The number of para-hydroxylation sites is 1. The zero-order valence-electron chi connectivity index (χ0n) is 17.0. The number of thioether (sulfide) groups is 1. The molecule has 0 saturated carbocycles. The minimum Gasteiger partial charge on any atom is -0.268 e. The second-order valence-corrected chi connectivity index (χ2v) is 8.27. The van der Waals surface area contributed by atoms with Crippen LogP contribution in [0.25, 0.3) is 22.4 Å². The van der Waals surface area contributed by atoms with Crippen LogP contribution in [-0.2, 0) is 5.75 Å². The lowest BCUT2D eigenvalue weighted by atomic mass is 10.2. The summed E-state index contributed by atoms with van der Waals surface area (Å²) in [5.41, 5.74) is 3.19. The number of non-ortho nitro benzene ring substituents is 1. The van der Waals surface area contributed by atoms with E-state index in [0.717, 1.165) is 11.1 Å². The Hall–Kier alpha value is -3.98. The maximum atomic E-state index is 13.3. The van der Waals surface area contributed by atoms with Crippen LogP contribution in [0.4, 0.5) is 5.69 Å². The molecule has 8 nitrogen and oxygen atoms in total. The van der Waals surface area contributed by atoms with Gasteiger partial charge in [0.2, 0.25) is 5.78 Å². The maximum Gasteiger partial charge on any atom is 0.269 e. The fourth-order valence-corrected chi connectivity index (χ4v) is 4.49. The highest BCUT2D eigenvalue weighted by Gasteiger charge is 2.18. The summed E-state index contributed by atoms with van der Waals surface area (Å²) in [6, 6.07) is 21.5. The fraction of sp³-hybridized carbons (Fsp3) is 0.0870. The number of hydrogen-bond acceptors (Lipinski definition) is 6. The highest BCUT2D eigenvalue weighted by atomic mass is 32.2. The summed E-state index contributed by atoms with van der Waals surface area (Å²) < 4.78 is 3.42. The second kappa shape index (κ2) is 7.93. The Morgan fingerprint density at radius 2 is 1.78 bits per heavy atom. The fourth-order valence-electron chi connectivity index (χ4n) is 3.61. The van der Waals surface area contributed by atoms with Crippen molar-refractivity contribution in [1.82, 2.24) is 19.2 Å². The predicted octanol–water partition coefficient (Wildman–Crippen LogP) is 4.54. The second-order valence-electron chi connectivity index (χ2n) is 7.33. The summed E-state index contributed by atoms with van der Waals surface area (Å²) in [7, 11) is 0. The molecule has 2 aromatic heterocycles. The lowest BCUT2D eigenvalue weighted by Gasteiger charge is -2.11. The molecule has 5 aromatic rings. The number of aromatic nitrogens is 4. The Balaban J connectivity index is 1.66. The molecule has 0 aliphatic rings. The third kappa shape index (κ3) is 3.42. The monoisotopic (exact) mass is 443 g/mol. The van der Waals surface area contributed by atoms with Crippen LogP contribution in [0.3, 0.4) is 0 Å². The molecule has 0 saturated heterocycles. The Labute approximate surface area is 186 Å². The Kier molecular flexibility index (Phi) is 4.95. The molecule has 0 amide bonds. The van der Waals surface area contributed by atoms with Crippen LogP contribution in [0.5, 0.6) is 0 Å². The molecule has 0 fully saturated rings. The van der Waals surface area contributed by atoms with E-state index >= 15 is 0 Å². The summed E-state index contributed by atoms with van der Waals surface area (Å²) >= 11 is 1.41. The number of rotatable bonds is 5. The molecule has 5 rings (SSSR count). The molecule has 0 aliphatic heterocycles. The lowest BCUT2D eigenvalue weighted by molar-refractivity contribution is -0.384. The van der Waals surface area contributed by atoms with Gasteiger partial charge in [-0.2, -0.15) is 0 Å². The number of fused-ring (bicyclic) bond motifs is 3. The minimum absolute atomic E-state index is 0.0489. The largest absolute Gasteiger partial charge is 0.269 e. The van der Waals surface area contributed by atoms with Crippen molar-refractivity contribution in [3.8, 4) is 5.69 Å². The van der Waals surface area contributed by atoms with E-state index in [9.17, 15) is 14.9 Å². The molecule has 32 heavy (non-hydrogen) atoms. The highest BCUT2D eigenvalue weighted by molar-refractivity contribution is 7.98. The van der Waals surface area contributed by atoms with E-state index in [4.69, 9.17) is 0 Å². The standard InChI is InChI=1S/C23H17N5O3S/c1-15-9-11-17(12-10-15)26-21(29)19-7-2-3-8-20(19)27-22(26)24-25-23(27)32-14-16-5-4-6-18(13-16)28(30)31/h2-13H,14H2,1H3. The quantitative estimate of drug-likeness (QED) is 0.225. The molecule has 0 atom stereocenters. The van der Waals surface area contributed by atoms with Gasteiger partial charge in [-0.1, -0.05) is 53.7 Å². The van der Waals surface area contributed by atoms with Crippen LogP contribution in [0.2, 0.25) is 0 Å². The van der Waals surface area contributed by atoms with Crippen molar-refractivity contribution >= 4 is 34.1 Å². The van der Waals surface area contributed by atoms with E-state index < -0.39 is 4.92 Å². The van der Waals surface area contributed by atoms with Gasteiger partial charge in [0, 0.05) is 17.9 Å². The van der Waals surface area contributed by atoms with Crippen molar-refractivity contribution in [1.29, 1.82) is 0 Å². The maximum absolute atomic E-state index is 13.3. The van der Waals surface area contributed by atoms with Gasteiger partial charge in [-0.15, -0.1) is 10.2 Å². The number of aryl methyl sites for hydroxylation is 1. The average Bonchev–Trinajstić information content (AvgIpc) is 3.23. The SMILES string of the molecule is Cc1ccc(-n2c(=O)c3ccccc3n3c(SCc4cccc([N+](=O)[O-])c4)nnc23)cc1. The predicted molar refractivity (Wildman–Crippen MR) is 123 cm³/mol. The third-order valence-corrected chi connectivity index (χ3v) is 6.18. The van der Waals surface area contributed by atoms with E-state index in [1.165, 1.54) is 17.8 Å².